The first-order valence-electron chi connectivity index (χ1n) is 10.9. The summed E-state index contributed by atoms with van der Waals surface area (Å²) < 4.78 is 0. The highest BCUT2D eigenvalue weighted by Gasteiger charge is 2.34. The Morgan fingerprint density at radius 3 is 1.07 bits per heavy atom. The van der Waals surface area contributed by atoms with E-state index in [1.165, 1.54) is 9.80 Å². The van der Waals surface area contributed by atoms with Crippen molar-refractivity contribution < 1.29 is 19.2 Å². The minimum Gasteiger partial charge on any atom is -0.286 e. The van der Waals surface area contributed by atoms with Gasteiger partial charge in [0.15, 0.2) is 0 Å². The summed E-state index contributed by atoms with van der Waals surface area (Å²) in [6.45, 7) is 13.4. The Labute approximate surface area is 179 Å². The molecule has 0 aromatic rings. The van der Waals surface area contributed by atoms with Crippen LogP contribution in [0, 0.1) is 0 Å². The van der Waals surface area contributed by atoms with E-state index in [1.54, 1.807) is 9.80 Å². The van der Waals surface area contributed by atoms with E-state index in [0.29, 0.717) is 26.4 Å². The van der Waals surface area contributed by atoms with Crippen molar-refractivity contribution in [1.82, 2.24) is 29.4 Å². The molecule has 2 aliphatic heterocycles. The summed E-state index contributed by atoms with van der Waals surface area (Å²) in [5.41, 5.74) is 0. The zero-order valence-corrected chi connectivity index (χ0v) is 18.8. The van der Waals surface area contributed by atoms with Crippen LogP contribution in [0.25, 0.3) is 0 Å². The average Bonchev–Trinajstić information content (AvgIpc) is 2.71. The predicted octanol–water partition coefficient (Wildman–Crippen LogP) is -1.07. The van der Waals surface area contributed by atoms with E-state index in [2.05, 4.69) is 0 Å². The second-order valence-electron chi connectivity index (χ2n) is 7.74. The van der Waals surface area contributed by atoms with Crippen molar-refractivity contribution in [1.29, 1.82) is 0 Å². The van der Waals surface area contributed by atoms with E-state index in [4.69, 9.17) is 0 Å². The quantitative estimate of drug-likeness (QED) is 0.388. The van der Waals surface area contributed by atoms with Crippen molar-refractivity contribution in [3.8, 4) is 0 Å². The van der Waals surface area contributed by atoms with Gasteiger partial charge in [-0.25, -0.2) is 0 Å². The Morgan fingerprint density at radius 1 is 0.567 bits per heavy atom. The van der Waals surface area contributed by atoms with Crippen LogP contribution in [0.4, 0.5) is 0 Å². The zero-order valence-electron chi connectivity index (χ0n) is 18.8. The molecule has 10 heteroatoms. The third-order valence-electron chi connectivity index (χ3n) is 5.84. The molecule has 0 bridgehead atoms. The third kappa shape index (κ3) is 6.31. The fraction of sp³-hybridized carbons (Fsp3) is 0.800. The number of hydrogen-bond acceptors (Lipinski definition) is 8. The molecule has 0 aromatic carbocycles. The van der Waals surface area contributed by atoms with Crippen LogP contribution in [0.2, 0.25) is 0 Å². The van der Waals surface area contributed by atoms with Crippen LogP contribution < -0.4 is 0 Å². The molecule has 2 fully saturated rings. The fourth-order valence-corrected chi connectivity index (χ4v) is 3.66. The second kappa shape index (κ2) is 11.5. The molecule has 2 saturated heterocycles. The maximum atomic E-state index is 12.4. The molecule has 0 unspecified atom stereocenters. The van der Waals surface area contributed by atoms with E-state index >= 15 is 0 Å². The van der Waals surface area contributed by atoms with Gasteiger partial charge in [0.1, 0.15) is 0 Å². The van der Waals surface area contributed by atoms with Crippen LogP contribution in [-0.2, 0) is 19.2 Å². The first-order valence-corrected chi connectivity index (χ1v) is 10.9. The molecule has 30 heavy (non-hydrogen) atoms. The van der Waals surface area contributed by atoms with E-state index in [9.17, 15) is 19.2 Å². The molecule has 10 nitrogen and oxygen atoms in total. The van der Waals surface area contributed by atoms with Crippen molar-refractivity contribution in [2.24, 2.45) is 0 Å². The summed E-state index contributed by atoms with van der Waals surface area (Å²) in [4.78, 5) is 60.1. The smallest absolute Gasteiger partial charge is 0.244 e. The van der Waals surface area contributed by atoms with Crippen molar-refractivity contribution in [2.75, 3.05) is 78.8 Å². The van der Waals surface area contributed by atoms with E-state index < -0.39 is 0 Å². The van der Waals surface area contributed by atoms with Crippen molar-refractivity contribution in [3.05, 3.63) is 0 Å². The molecule has 170 valence electrons. The Kier molecular flexibility index (Phi) is 9.35. The van der Waals surface area contributed by atoms with Gasteiger partial charge < -0.3 is 0 Å². The lowest BCUT2D eigenvalue weighted by atomic mass is 10.2. The SMILES string of the molecule is CCN(CC)CN1C(=O)CN(CCN2CC(=O)N(CN(CC)CC)C(=O)C2)CC1=O. The largest absolute Gasteiger partial charge is 0.286 e. The summed E-state index contributed by atoms with van der Waals surface area (Å²) in [7, 11) is 0. The number of imide groups is 2. The van der Waals surface area contributed by atoms with E-state index in [1.807, 2.05) is 37.5 Å². The molecule has 0 atom stereocenters. The molecule has 0 radical (unpaired) electrons. The Bertz CT molecular complexity index is 545. The van der Waals surface area contributed by atoms with Gasteiger partial charge in [-0.15, -0.1) is 0 Å². The van der Waals surface area contributed by atoms with E-state index in [0.717, 1.165) is 26.2 Å². The maximum Gasteiger partial charge on any atom is 0.244 e. The van der Waals surface area contributed by atoms with Gasteiger partial charge in [0, 0.05) is 13.1 Å². The first kappa shape index (κ1) is 24.4. The summed E-state index contributed by atoms with van der Waals surface area (Å²) in [6, 6.07) is 0. The van der Waals surface area contributed by atoms with Crippen molar-refractivity contribution in [2.45, 2.75) is 27.7 Å². The molecular formula is C20H36N6O4. The van der Waals surface area contributed by atoms with Crippen LogP contribution >= 0.6 is 0 Å². The Morgan fingerprint density at radius 2 is 0.833 bits per heavy atom. The van der Waals surface area contributed by atoms with Gasteiger partial charge >= 0.3 is 0 Å². The molecule has 0 aromatic heterocycles. The van der Waals surface area contributed by atoms with Crippen molar-refractivity contribution >= 4 is 23.6 Å². The molecule has 4 amide bonds. The molecule has 0 spiro atoms. The molecule has 2 rings (SSSR count). The number of amides is 4. The summed E-state index contributed by atoms with van der Waals surface area (Å²) in [6.07, 6.45) is 0. The Hall–Kier alpha value is -1.88. The highest BCUT2D eigenvalue weighted by atomic mass is 16.2. The number of nitrogens with zero attached hydrogens (tertiary/aromatic N) is 6. The lowest BCUT2D eigenvalue weighted by molar-refractivity contribution is -0.157. The second-order valence-corrected chi connectivity index (χ2v) is 7.74. The third-order valence-corrected chi connectivity index (χ3v) is 5.84. The molecule has 2 heterocycles. The molecule has 2 aliphatic rings. The van der Waals surface area contributed by atoms with Crippen LogP contribution in [-0.4, -0.2) is 132 Å². The summed E-state index contributed by atoms with van der Waals surface area (Å²) in [5.74, 6) is -0.799. The highest BCUT2D eigenvalue weighted by Crippen LogP contribution is 2.10. The lowest BCUT2D eigenvalue weighted by Crippen LogP contribution is -2.59. The maximum absolute atomic E-state index is 12.4. The molecule has 0 N–H and O–H groups in total. The number of rotatable bonds is 11. The minimum absolute atomic E-state index is 0.177. The minimum atomic E-state index is -0.200. The monoisotopic (exact) mass is 424 g/mol. The first-order chi connectivity index (χ1) is 14.3. The number of piperazine rings is 2. The lowest BCUT2D eigenvalue weighted by Gasteiger charge is -2.37. The summed E-state index contributed by atoms with van der Waals surface area (Å²) in [5, 5.41) is 0. The fourth-order valence-electron chi connectivity index (χ4n) is 3.66. The van der Waals surface area contributed by atoms with Gasteiger partial charge in [-0.05, 0) is 26.2 Å². The standard InChI is InChI=1S/C20H36N6O4/c1-5-21(6-2)15-25-17(27)11-23(12-18(25)28)9-10-24-13-19(29)26(20(30)14-24)16-22(7-3)8-4/h5-16H2,1-4H3. The zero-order chi connectivity index (χ0) is 22.3. The van der Waals surface area contributed by atoms with Gasteiger partial charge in [-0.3, -0.25) is 48.6 Å². The number of carbonyl (C=O) groups is 4. The topological polar surface area (TPSA) is 87.7 Å². The van der Waals surface area contributed by atoms with Gasteiger partial charge in [0.05, 0.1) is 39.5 Å². The van der Waals surface area contributed by atoms with Crippen LogP contribution in [0.5, 0.6) is 0 Å². The predicted molar refractivity (Wildman–Crippen MR) is 112 cm³/mol. The Balaban J connectivity index is 1.83. The van der Waals surface area contributed by atoms with Gasteiger partial charge in [0.25, 0.3) is 0 Å². The van der Waals surface area contributed by atoms with E-state index in [-0.39, 0.29) is 49.8 Å². The molecular weight excluding hydrogens is 388 g/mol. The number of hydrogen-bond donors (Lipinski definition) is 0. The normalized spacial score (nSPS) is 19.7. The molecule has 0 saturated carbocycles. The van der Waals surface area contributed by atoms with Crippen LogP contribution in [0.15, 0.2) is 0 Å². The molecule has 0 aliphatic carbocycles. The number of carbonyl (C=O) groups excluding carboxylic acids is 4. The van der Waals surface area contributed by atoms with Crippen LogP contribution in [0.1, 0.15) is 27.7 Å². The van der Waals surface area contributed by atoms with Crippen LogP contribution in [0.3, 0.4) is 0 Å². The average molecular weight is 425 g/mol. The van der Waals surface area contributed by atoms with Gasteiger partial charge in [0.2, 0.25) is 23.6 Å². The highest BCUT2D eigenvalue weighted by molar-refractivity contribution is 6.00. The van der Waals surface area contributed by atoms with Crippen molar-refractivity contribution in [3.63, 3.8) is 0 Å². The summed E-state index contributed by atoms with van der Waals surface area (Å²) >= 11 is 0. The van der Waals surface area contributed by atoms with Gasteiger partial charge in [-0.2, -0.15) is 0 Å². The van der Waals surface area contributed by atoms with Gasteiger partial charge in [-0.1, -0.05) is 27.7 Å².